The third kappa shape index (κ3) is 3.44. The lowest BCUT2D eigenvalue weighted by atomic mass is 10.3. The SMILES string of the molecule is O=C(NCc1cccs1)c1cn(-c2ccc(-c3nc(C4CC4)no3)cn2)cn1. The molecule has 0 unspecified atom stereocenters. The summed E-state index contributed by atoms with van der Waals surface area (Å²) >= 11 is 1.60. The maximum Gasteiger partial charge on any atom is 0.271 e. The van der Waals surface area contributed by atoms with Gasteiger partial charge >= 0.3 is 0 Å². The molecule has 28 heavy (non-hydrogen) atoms. The van der Waals surface area contributed by atoms with Crippen LogP contribution >= 0.6 is 11.3 Å². The topological polar surface area (TPSA) is 98.7 Å². The fourth-order valence-electron chi connectivity index (χ4n) is 2.76. The molecule has 9 heteroatoms. The zero-order valence-corrected chi connectivity index (χ0v) is 15.6. The lowest BCUT2D eigenvalue weighted by Crippen LogP contribution is -2.22. The summed E-state index contributed by atoms with van der Waals surface area (Å²) in [5.41, 5.74) is 1.10. The van der Waals surface area contributed by atoms with Crippen LogP contribution in [0.1, 0.15) is 39.9 Å². The van der Waals surface area contributed by atoms with Gasteiger partial charge in [-0.05, 0) is 36.4 Å². The number of nitrogens with zero attached hydrogens (tertiary/aromatic N) is 5. The highest BCUT2D eigenvalue weighted by atomic mass is 32.1. The molecule has 5 rings (SSSR count). The van der Waals surface area contributed by atoms with Crippen LogP contribution in [-0.2, 0) is 6.54 Å². The number of pyridine rings is 1. The molecule has 0 aromatic carbocycles. The summed E-state index contributed by atoms with van der Waals surface area (Å²) in [6.45, 7) is 0.489. The van der Waals surface area contributed by atoms with E-state index in [1.165, 1.54) is 0 Å². The van der Waals surface area contributed by atoms with Gasteiger partial charge in [-0.25, -0.2) is 9.97 Å². The third-order valence-electron chi connectivity index (χ3n) is 4.46. The molecule has 0 aliphatic heterocycles. The maximum absolute atomic E-state index is 12.3. The van der Waals surface area contributed by atoms with E-state index in [9.17, 15) is 4.79 Å². The average molecular weight is 392 g/mol. The van der Waals surface area contributed by atoms with Gasteiger partial charge in [-0.2, -0.15) is 4.98 Å². The minimum atomic E-state index is -0.220. The highest BCUT2D eigenvalue weighted by Crippen LogP contribution is 2.38. The minimum Gasteiger partial charge on any atom is -0.346 e. The molecule has 1 N–H and O–H groups in total. The summed E-state index contributed by atoms with van der Waals surface area (Å²) in [6.07, 6.45) is 7.15. The number of imidazole rings is 1. The van der Waals surface area contributed by atoms with Crippen LogP contribution in [0.25, 0.3) is 17.3 Å². The van der Waals surface area contributed by atoms with Gasteiger partial charge < -0.3 is 9.84 Å². The van der Waals surface area contributed by atoms with Gasteiger partial charge in [-0.1, -0.05) is 11.2 Å². The summed E-state index contributed by atoms with van der Waals surface area (Å²) in [5, 5.41) is 8.86. The molecule has 0 radical (unpaired) electrons. The number of carbonyl (C=O) groups excluding carboxylic acids is 1. The molecular weight excluding hydrogens is 376 g/mol. The van der Waals surface area contributed by atoms with Crippen molar-refractivity contribution in [2.75, 3.05) is 0 Å². The lowest BCUT2D eigenvalue weighted by molar-refractivity contribution is 0.0947. The molecule has 140 valence electrons. The highest BCUT2D eigenvalue weighted by molar-refractivity contribution is 7.09. The Morgan fingerprint density at radius 1 is 1.29 bits per heavy atom. The molecule has 1 fully saturated rings. The molecule has 0 atom stereocenters. The van der Waals surface area contributed by atoms with E-state index in [-0.39, 0.29) is 5.91 Å². The van der Waals surface area contributed by atoms with Crippen LogP contribution in [0.2, 0.25) is 0 Å². The Bertz CT molecular complexity index is 1100. The van der Waals surface area contributed by atoms with E-state index in [1.807, 2.05) is 29.6 Å². The number of carbonyl (C=O) groups is 1. The van der Waals surface area contributed by atoms with E-state index in [1.54, 1.807) is 34.6 Å². The van der Waals surface area contributed by atoms with Crippen LogP contribution in [-0.4, -0.2) is 30.6 Å². The molecule has 1 saturated carbocycles. The van der Waals surface area contributed by atoms with Gasteiger partial charge in [0.2, 0.25) is 0 Å². The summed E-state index contributed by atoms with van der Waals surface area (Å²) < 4.78 is 7.02. The molecule has 4 heterocycles. The molecule has 0 spiro atoms. The van der Waals surface area contributed by atoms with Crippen LogP contribution in [0.3, 0.4) is 0 Å². The highest BCUT2D eigenvalue weighted by Gasteiger charge is 2.29. The van der Waals surface area contributed by atoms with Crippen LogP contribution in [0.5, 0.6) is 0 Å². The Morgan fingerprint density at radius 2 is 2.21 bits per heavy atom. The smallest absolute Gasteiger partial charge is 0.271 e. The van der Waals surface area contributed by atoms with Gasteiger partial charge in [0, 0.05) is 23.2 Å². The van der Waals surface area contributed by atoms with E-state index in [4.69, 9.17) is 4.52 Å². The van der Waals surface area contributed by atoms with Crippen molar-refractivity contribution in [1.29, 1.82) is 0 Å². The van der Waals surface area contributed by atoms with Crippen molar-refractivity contribution < 1.29 is 9.32 Å². The number of hydrogen-bond donors (Lipinski definition) is 1. The normalized spacial score (nSPS) is 13.6. The number of nitrogens with one attached hydrogen (secondary N) is 1. The number of thiophene rings is 1. The van der Waals surface area contributed by atoms with Crippen LogP contribution in [0.4, 0.5) is 0 Å². The van der Waals surface area contributed by atoms with Gasteiger partial charge in [-0.3, -0.25) is 9.36 Å². The molecule has 1 aliphatic rings. The third-order valence-corrected chi connectivity index (χ3v) is 5.34. The summed E-state index contributed by atoms with van der Waals surface area (Å²) in [5.74, 6) is 2.12. The first-order valence-electron chi connectivity index (χ1n) is 8.91. The largest absolute Gasteiger partial charge is 0.346 e. The Labute approximate surface area is 164 Å². The van der Waals surface area contributed by atoms with E-state index >= 15 is 0 Å². The summed E-state index contributed by atoms with van der Waals surface area (Å²) in [6, 6.07) is 7.62. The van der Waals surface area contributed by atoms with Crippen molar-refractivity contribution in [2.24, 2.45) is 0 Å². The lowest BCUT2D eigenvalue weighted by Gasteiger charge is -2.02. The Balaban J connectivity index is 1.27. The van der Waals surface area contributed by atoms with E-state index in [0.29, 0.717) is 29.9 Å². The molecular formula is C19H16N6O2S. The Hall–Kier alpha value is -3.33. The number of amides is 1. The quantitative estimate of drug-likeness (QED) is 0.541. The van der Waals surface area contributed by atoms with Crippen molar-refractivity contribution in [3.05, 3.63) is 64.8 Å². The van der Waals surface area contributed by atoms with E-state index < -0.39 is 0 Å². The van der Waals surface area contributed by atoms with Gasteiger partial charge in [0.15, 0.2) is 5.82 Å². The van der Waals surface area contributed by atoms with Crippen LogP contribution in [0.15, 0.2) is 52.9 Å². The van der Waals surface area contributed by atoms with E-state index in [0.717, 1.165) is 29.1 Å². The standard InChI is InChI=1S/C19H16N6O2S/c26-18(21-9-14-2-1-7-28-14)15-10-25(11-22-15)16-6-5-13(8-20-16)19-23-17(24-27-19)12-3-4-12/h1-2,5-8,10-12H,3-4,9H2,(H,21,26). The first kappa shape index (κ1) is 16.8. The predicted octanol–water partition coefficient (Wildman–Crippen LogP) is 3.19. The Kier molecular flexibility index (Phi) is 4.21. The summed E-state index contributed by atoms with van der Waals surface area (Å²) in [4.78, 5) is 26.4. The van der Waals surface area contributed by atoms with Gasteiger partial charge in [0.05, 0.1) is 12.1 Å². The van der Waals surface area contributed by atoms with Crippen LogP contribution in [0, 0.1) is 0 Å². The number of rotatable bonds is 6. The van der Waals surface area contributed by atoms with Crippen LogP contribution < -0.4 is 5.32 Å². The first-order valence-corrected chi connectivity index (χ1v) is 9.79. The maximum atomic E-state index is 12.3. The fraction of sp³-hybridized carbons (Fsp3) is 0.211. The minimum absolute atomic E-state index is 0.220. The van der Waals surface area contributed by atoms with Crippen molar-refractivity contribution in [1.82, 2.24) is 30.0 Å². The molecule has 4 aromatic heterocycles. The fourth-order valence-corrected chi connectivity index (χ4v) is 3.41. The zero-order chi connectivity index (χ0) is 18.9. The Morgan fingerprint density at radius 3 is 2.96 bits per heavy atom. The van der Waals surface area contributed by atoms with Crippen molar-refractivity contribution >= 4 is 17.2 Å². The van der Waals surface area contributed by atoms with E-state index in [2.05, 4.69) is 25.4 Å². The molecule has 4 aromatic rings. The second-order valence-electron chi connectivity index (χ2n) is 6.57. The monoisotopic (exact) mass is 392 g/mol. The molecule has 0 bridgehead atoms. The van der Waals surface area contributed by atoms with Crippen molar-refractivity contribution in [2.45, 2.75) is 25.3 Å². The summed E-state index contributed by atoms with van der Waals surface area (Å²) in [7, 11) is 0. The second-order valence-corrected chi connectivity index (χ2v) is 7.60. The molecule has 1 amide bonds. The number of hydrogen-bond acceptors (Lipinski definition) is 7. The predicted molar refractivity (Wildman–Crippen MR) is 102 cm³/mol. The average Bonchev–Trinajstić information content (AvgIpc) is 3.16. The molecule has 1 aliphatic carbocycles. The number of aromatic nitrogens is 5. The molecule has 8 nitrogen and oxygen atoms in total. The van der Waals surface area contributed by atoms with Crippen molar-refractivity contribution in [3.63, 3.8) is 0 Å². The van der Waals surface area contributed by atoms with Gasteiger partial charge in [0.1, 0.15) is 17.8 Å². The second kappa shape index (κ2) is 7.01. The zero-order valence-electron chi connectivity index (χ0n) is 14.8. The molecule has 0 saturated heterocycles. The first-order chi connectivity index (χ1) is 13.8. The van der Waals surface area contributed by atoms with Gasteiger partial charge in [-0.15, -0.1) is 11.3 Å². The van der Waals surface area contributed by atoms with Crippen molar-refractivity contribution in [3.8, 4) is 17.3 Å². The van der Waals surface area contributed by atoms with Gasteiger partial charge in [0.25, 0.3) is 11.8 Å².